The summed E-state index contributed by atoms with van der Waals surface area (Å²) in [5.41, 5.74) is 3.01. The summed E-state index contributed by atoms with van der Waals surface area (Å²) in [6, 6.07) is 10.1. The van der Waals surface area contributed by atoms with Gasteiger partial charge in [-0.05, 0) is 37.6 Å². The summed E-state index contributed by atoms with van der Waals surface area (Å²) in [4.78, 5) is 12.5. The Morgan fingerprint density at radius 3 is 2.75 bits per heavy atom. The molecule has 24 heavy (non-hydrogen) atoms. The highest BCUT2D eigenvalue weighted by Crippen LogP contribution is 2.27. The number of benzene rings is 1. The number of nitrogens with zero attached hydrogens (tertiary/aromatic N) is 2. The lowest BCUT2D eigenvalue weighted by Crippen LogP contribution is -2.25. The van der Waals surface area contributed by atoms with Crippen molar-refractivity contribution in [3.8, 4) is 5.69 Å². The van der Waals surface area contributed by atoms with Crippen LogP contribution >= 0.6 is 0 Å². The molecule has 1 fully saturated rings. The maximum Gasteiger partial charge on any atom is 0.229 e. The third-order valence-electron chi connectivity index (χ3n) is 4.41. The second-order valence-electron chi connectivity index (χ2n) is 7.59. The van der Waals surface area contributed by atoms with Crippen molar-refractivity contribution in [1.82, 2.24) is 15.1 Å². The fourth-order valence-electron chi connectivity index (χ4n) is 2.90. The Morgan fingerprint density at radius 1 is 1.33 bits per heavy atom. The molecule has 5 heteroatoms. The molecule has 0 bridgehead atoms. The number of aromatic nitrogens is 2. The minimum Gasteiger partial charge on any atom is -0.316 e. The van der Waals surface area contributed by atoms with Gasteiger partial charge in [0.15, 0.2) is 0 Å². The number of nitrogens with one attached hydrogen (secondary N) is 2. The number of hydrogen-bond donors (Lipinski definition) is 2. The van der Waals surface area contributed by atoms with Crippen LogP contribution in [0.4, 0.5) is 5.82 Å². The summed E-state index contributed by atoms with van der Waals surface area (Å²) in [6.45, 7) is 10.1. The second kappa shape index (κ2) is 6.40. The Bertz CT molecular complexity index is 736. The van der Waals surface area contributed by atoms with E-state index in [9.17, 15) is 4.79 Å². The zero-order chi connectivity index (χ0) is 17.3. The second-order valence-corrected chi connectivity index (χ2v) is 7.59. The van der Waals surface area contributed by atoms with Crippen LogP contribution in [0.3, 0.4) is 0 Å². The summed E-state index contributed by atoms with van der Waals surface area (Å²) in [5, 5.41) is 11.1. The fraction of sp³-hybridized carbons (Fsp3) is 0.474. The van der Waals surface area contributed by atoms with Gasteiger partial charge in [-0.3, -0.25) is 4.79 Å². The standard InChI is InChI=1S/C19H26N4O/c1-13-6-5-7-15(10-13)23-17(11-16(22-23)19(2,3)4)21-18(24)14-8-9-20-12-14/h5-7,10-11,14,20H,8-9,12H2,1-4H3,(H,21,24). The topological polar surface area (TPSA) is 59.0 Å². The summed E-state index contributed by atoms with van der Waals surface area (Å²) in [6.07, 6.45) is 0.885. The number of carbonyl (C=O) groups is 1. The number of amides is 1. The molecule has 2 aromatic rings. The van der Waals surface area contributed by atoms with Crippen molar-refractivity contribution in [2.24, 2.45) is 5.92 Å². The van der Waals surface area contributed by atoms with Gasteiger partial charge >= 0.3 is 0 Å². The molecule has 1 saturated heterocycles. The largest absolute Gasteiger partial charge is 0.316 e. The van der Waals surface area contributed by atoms with Crippen LogP contribution in [-0.4, -0.2) is 28.8 Å². The van der Waals surface area contributed by atoms with Gasteiger partial charge in [-0.2, -0.15) is 5.10 Å². The molecule has 1 atom stereocenters. The fourth-order valence-corrected chi connectivity index (χ4v) is 2.90. The van der Waals surface area contributed by atoms with Gasteiger partial charge in [0.2, 0.25) is 5.91 Å². The molecule has 0 radical (unpaired) electrons. The Kier molecular flexibility index (Phi) is 4.45. The Hall–Kier alpha value is -2.14. The van der Waals surface area contributed by atoms with E-state index in [0.29, 0.717) is 0 Å². The van der Waals surface area contributed by atoms with Gasteiger partial charge in [0.1, 0.15) is 5.82 Å². The van der Waals surface area contributed by atoms with Gasteiger partial charge in [-0.15, -0.1) is 0 Å². The Labute approximate surface area is 143 Å². The monoisotopic (exact) mass is 326 g/mol. The lowest BCUT2D eigenvalue weighted by Gasteiger charge is -2.14. The van der Waals surface area contributed by atoms with E-state index in [2.05, 4.69) is 50.5 Å². The van der Waals surface area contributed by atoms with Crippen LogP contribution in [0.1, 0.15) is 38.4 Å². The first kappa shape index (κ1) is 16.7. The predicted octanol–water partition coefficient (Wildman–Crippen LogP) is 3.03. The highest BCUT2D eigenvalue weighted by Gasteiger charge is 2.25. The van der Waals surface area contributed by atoms with Gasteiger partial charge in [-0.1, -0.05) is 32.9 Å². The van der Waals surface area contributed by atoms with Crippen molar-refractivity contribution < 1.29 is 4.79 Å². The van der Waals surface area contributed by atoms with Gasteiger partial charge in [0.25, 0.3) is 0 Å². The molecular weight excluding hydrogens is 300 g/mol. The van der Waals surface area contributed by atoms with Crippen LogP contribution in [0.2, 0.25) is 0 Å². The van der Waals surface area contributed by atoms with E-state index in [1.54, 1.807) is 0 Å². The van der Waals surface area contributed by atoms with Crippen LogP contribution in [0.25, 0.3) is 5.69 Å². The smallest absolute Gasteiger partial charge is 0.229 e. The molecule has 2 N–H and O–H groups in total. The third kappa shape index (κ3) is 3.51. The molecule has 1 aliphatic rings. The quantitative estimate of drug-likeness (QED) is 0.911. The van der Waals surface area contributed by atoms with Crippen LogP contribution in [-0.2, 0) is 10.2 Å². The van der Waals surface area contributed by atoms with Gasteiger partial charge in [0.05, 0.1) is 17.3 Å². The van der Waals surface area contributed by atoms with Crippen molar-refractivity contribution in [1.29, 1.82) is 0 Å². The molecular formula is C19H26N4O. The van der Waals surface area contributed by atoms with E-state index in [1.807, 2.05) is 22.9 Å². The zero-order valence-corrected chi connectivity index (χ0v) is 14.9. The van der Waals surface area contributed by atoms with E-state index >= 15 is 0 Å². The highest BCUT2D eigenvalue weighted by molar-refractivity contribution is 5.92. The van der Waals surface area contributed by atoms with Crippen LogP contribution in [0, 0.1) is 12.8 Å². The molecule has 1 unspecified atom stereocenters. The zero-order valence-electron chi connectivity index (χ0n) is 14.9. The lowest BCUT2D eigenvalue weighted by molar-refractivity contribution is -0.119. The summed E-state index contributed by atoms with van der Waals surface area (Å²) >= 11 is 0. The third-order valence-corrected chi connectivity index (χ3v) is 4.41. The molecule has 0 spiro atoms. The lowest BCUT2D eigenvalue weighted by atomic mass is 9.92. The molecule has 0 saturated carbocycles. The molecule has 3 rings (SSSR count). The summed E-state index contributed by atoms with van der Waals surface area (Å²) in [5.74, 6) is 0.834. The first-order chi connectivity index (χ1) is 11.3. The van der Waals surface area contributed by atoms with Crippen LogP contribution < -0.4 is 10.6 Å². The first-order valence-corrected chi connectivity index (χ1v) is 8.54. The predicted molar refractivity (Wildman–Crippen MR) is 96.6 cm³/mol. The number of anilines is 1. The van der Waals surface area contributed by atoms with Gasteiger partial charge in [0, 0.05) is 18.0 Å². The van der Waals surface area contributed by atoms with Gasteiger partial charge in [-0.25, -0.2) is 4.68 Å². The van der Waals surface area contributed by atoms with Crippen molar-refractivity contribution in [3.63, 3.8) is 0 Å². The SMILES string of the molecule is Cc1cccc(-n2nc(C(C)(C)C)cc2NC(=O)C2CCNC2)c1. The highest BCUT2D eigenvalue weighted by atomic mass is 16.2. The van der Waals surface area contributed by atoms with E-state index in [-0.39, 0.29) is 17.2 Å². The van der Waals surface area contributed by atoms with E-state index in [4.69, 9.17) is 5.10 Å². The first-order valence-electron chi connectivity index (χ1n) is 8.54. The van der Waals surface area contributed by atoms with Crippen molar-refractivity contribution in [2.75, 3.05) is 18.4 Å². The number of hydrogen-bond acceptors (Lipinski definition) is 3. The molecule has 1 aromatic carbocycles. The van der Waals surface area contributed by atoms with E-state index in [1.165, 1.54) is 0 Å². The molecule has 1 aromatic heterocycles. The molecule has 2 heterocycles. The minimum atomic E-state index is -0.0799. The Balaban J connectivity index is 1.96. The maximum atomic E-state index is 12.5. The molecule has 5 nitrogen and oxygen atoms in total. The normalized spacial score (nSPS) is 17.9. The van der Waals surface area contributed by atoms with Crippen LogP contribution in [0.15, 0.2) is 30.3 Å². The number of carbonyl (C=O) groups excluding carboxylic acids is 1. The number of aryl methyl sites for hydroxylation is 1. The average molecular weight is 326 g/mol. The molecule has 128 valence electrons. The summed E-state index contributed by atoms with van der Waals surface area (Å²) < 4.78 is 1.84. The van der Waals surface area contributed by atoms with E-state index in [0.717, 1.165) is 42.3 Å². The molecule has 1 aliphatic heterocycles. The number of rotatable bonds is 3. The van der Waals surface area contributed by atoms with E-state index < -0.39 is 0 Å². The van der Waals surface area contributed by atoms with Crippen molar-refractivity contribution in [3.05, 3.63) is 41.6 Å². The average Bonchev–Trinajstić information content (AvgIpc) is 3.16. The minimum absolute atomic E-state index is 0.0314. The van der Waals surface area contributed by atoms with Gasteiger partial charge < -0.3 is 10.6 Å². The van der Waals surface area contributed by atoms with Crippen molar-refractivity contribution in [2.45, 2.75) is 39.5 Å². The van der Waals surface area contributed by atoms with Crippen LogP contribution in [0.5, 0.6) is 0 Å². The van der Waals surface area contributed by atoms with Crippen molar-refractivity contribution >= 4 is 11.7 Å². The maximum absolute atomic E-state index is 12.5. The summed E-state index contributed by atoms with van der Waals surface area (Å²) in [7, 11) is 0. The molecule has 0 aliphatic carbocycles. The Morgan fingerprint density at radius 2 is 2.12 bits per heavy atom. The molecule has 1 amide bonds.